The summed E-state index contributed by atoms with van der Waals surface area (Å²) < 4.78 is 51.5. The van der Waals surface area contributed by atoms with Crippen molar-refractivity contribution in [1.29, 1.82) is 0 Å². The van der Waals surface area contributed by atoms with Gasteiger partial charge >= 0.3 is 0 Å². The molecule has 1 atom stereocenters. The van der Waals surface area contributed by atoms with Crippen molar-refractivity contribution in [2.24, 2.45) is 0 Å². The Morgan fingerprint density at radius 2 is 2.07 bits per heavy atom. The van der Waals surface area contributed by atoms with Gasteiger partial charge in [-0.2, -0.15) is 0 Å². The number of amides is 1. The van der Waals surface area contributed by atoms with Crippen LogP contribution in [-0.4, -0.2) is 40.7 Å². The Bertz CT molecular complexity index is 993. The maximum absolute atomic E-state index is 13.4. The maximum atomic E-state index is 13.4. The van der Waals surface area contributed by atoms with E-state index in [0.717, 1.165) is 12.1 Å². The minimum atomic E-state index is -3.86. The molecule has 1 heterocycles. The highest BCUT2D eigenvalue weighted by atomic mass is 35.5. The normalized spacial score (nSPS) is 16.8. The van der Waals surface area contributed by atoms with Crippen molar-refractivity contribution in [3.8, 4) is 5.75 Å². The summed E-state index contributed by atoms with van der Waals surface area (Å²) in [7, 11) is -2.51. The minimum Gasteiger partial charge on any atom is -0.496 e. The summed E-state index contributed by atoms with van der Waals surface area (Å²) in [6, 6.07) is 7.11. The SMILES string of the molecule is COc1ccc(S(=O)(=O)NC2CCOC2)cc1C(=O)Nc1cc(F)ccc1Cl. The second-order valence-electron chi connectivity index (χ2n) is 6.12. The van der Waals surface area contributed by atoms with Crippen molar-refractivity contribution in [3.63, 3.8) is 0 Å². The zero-order chi connectivity index (χ0) is 20.3. The molecule has 10 heteroatoms. The molecule has 1 saturated heterocycles. The Labute approximate surface area is 166 Å². The van der Waals surface area contributed by atoms with Gasteiger partial charge in [-0.1, -0.05) is 11.6 Å². The van der Waals surface area contributed by atoms with E-state index in [2.05, 4.69) is 10.0 Å². The van der Waals surface area contributed by atoms with E-state index in [-0.39, 0.29) is 33.0 Å². The Morgan fingerprint density at radius 3 is 2.75 bits per heavy atom. The molecule has 0 saturated carbocycles. The zero-order valence-corrected chi connectivity index (χ0v) is 16.4. The molecule has 3 rings (SSSR count). The quantitative estimate of drug-likeness (QED) is 0.737. The van der Waals surface area contributed by atoms with Gasteiger partial charge in [-0.15, -0.1) is 0 Å². The lowest BCUT2D eigenvalue weighted by molar-refractivity contribution is 0.102. The number of halogens is 2. The molecule has 0 aromatic heterocycles. The Kier molecular flexibility index (Phi) is 6.19. The van der Waals surface area contributed by atoms with Gasteiger partial charge in [-0.05, 0) is 42.8 Å². The standard InChI is InChI=1S/C18H18ClFN2O5S/c1-26-17-5-3-13(28(24,25)22-12-6-7-27-10-12)9-14(17)18(23)21-16-8-11(20)2-4-15(16)19/h2-5,8-9,12,22H,6-7,10H2,1H3,(H,21,23). The number of methoxy groups -OCH3 is 1. The molecule has 28 heavy (non-hydrogen) atoms. The van der Waals surface area contributed by atoms with Crippen molar-refractivity contribution >= 4 is 33.2 Å². The summed E-state index contributed by atoms with van der Waals surface area (Å²) in [5, 5.41) is 2.61. The molecule has 2 N–H and O–H groups in total. The van der Waals surface area contributed by atoms with E-state index >= 15 is 0 Å². The number of hydrogen-bond acceptors (Lipinski definition) is 5. The summed E-state index contributed by atoms with van der Waals surface area (Å²) >= 11 is 5.97. The summed E-state index contributed by atoms with van der Waals surface area (Å²) in [6.45, 7) is 0.776. The number of ether oxygens (including phenoxy) is 2. The largest absolute Gasteiger partial charge is 0.496 e. The van der Waals surface area contributed by atoms with Gasteiger partial charge in [0.2, 0.25) is 10.0 Å². The van der Waals surface area contributed by atoms with Crippen LogP contribution in [0.5, 0.6) is 5.75 Å². The zero-order valence-electron chi connectivity index (χ0n) is 14.9. The van der Waals surface area contributed by atoms with Crippen molar-refractivity contribution < 1.29 is 27.1 Å². The van der Waals surface area contributed by atoms with Gasteiger partial charge in [0.25, 0.3) is 5.91 Å². The molecule has 1 unspecified atom stereocenters. The number of sulfonamides is 1. The number of nitrogens with one attached hydrogen (secondary N) is 2. The number of carbonyl (C=O) groups excluding carboxylic acids is 1. The lowest BCUT2D eigenvalue weighted by atomic mass is 10.2. The number of rotatable bonds is 6. The van der Waals surface area contributed by atoms with E-state index in [0.29, 0.717) is 19.6 Å². The van der Waals surface area contributed by atoms with Crippen LogP contribution in [-0.2, 0) is 14.8 Å². The van der Waals surface area contributed by atoms with E-state index in [1.165, 1.54) is 31.4 Å². The summed E-state index contributed by atoms with van der Waals surface area (Å²) in [6.07, 6.45) is 0.570. The molecular formula is C18H18ClFN2O5S. The van der Waals surface area contributed by atoms with E-state index in [1.807, 2.05) is 0 Å². The van der Waals surface area contributed by atoms with Crippen LogP contribution in [0, 0.1) is 5.82 Å². The first kappa shape index (κ1) is 20.5. The second-order valence-corrected chi connectivity index (χ2v) is 8.24. The fourth-order valence-corrected chi connectivity index (χ4v) is 4.18. The molecule has 0 spiro atoms. The highest BCUT2D eigenvalue weighted by molar-refractivity contribution is 7.89. The second kappa shape index (κ2) is 8.44. The fraction of sp³-hybridized carbons (Fsp3) is 0.278. The molecule has 2 aromatic carbocycles. The lowest BCUT2D eigenvalue weighted by Gasteiger charge is -2.14. The number of hydrogen-bond donors (Lipinski definition) is 2. The predicted octanol–water partition coefficient (Wildman–Crippen LogP) is 2.81. The topological polar surface area (TPSA) is 93.7 Å². The van der Waals surface area contributed by atoms with Gasteiger partial charge < -0.3 is 14.8 Å². The molecule has 7 nitrogen and oxygen atoms in total. The van der Waals surface area contributed by atoms with Crippen molar-refractivity contribution in [1.82, 2.24) is 4.72 Å². The van der Waals surface area contributed by atoms with Crippen LogP contribution in [0.15, 0.2) is 41.3 Å². The summed E-state index contributed by atoms with van der Waals surface area (Å²) in [5.41, 5.74) is 0.0246. The van der Waals surface area contributed by atoms with Gasteiger partial charge in [-0.3, -0.25) is 4.79 Å². The molecular weight excluding hydrogens is 411 g/mol. The molecule has 0 aliphatic carbocycles. The van der Waals surface area contributed by atoms with Crippen LogP contribution in [0.4, 0.5) is 10.1 Å². The van der Waals surface area contributed by atoms with Crippen LogP contribution in [0.2, 0.25) is 5.02 Å². The minimum absolute atomic E-state index is 0.0339. The molecule has 1 aliphatic rings. The Hall–Kier alpha value is -2.20. The average Bonchev–Trinajstić information content (AvgIpc) is 3.16. The smallest absolute Gasteiger partial charge is 0.259 e. The highest BCUT2D eigenvalue weighted by Gasteiger charge is 2.25. The van der Waals surface area contributed by atoms with Gasteiger partial charge in [0.15, 0.2) is 0 Å². The van der Waals surface area contributed by atoms with Crippen LogP contribution in [0.1, 0.15) is 16.8 Å². The van der Waals surface area contributed by atoms with Crippen molar-refractivity contribution in [2.75, 3.05) is 25.6 Å². The average molecular weight is 429 g/mol. The molecule has 2 aromatic rings. The predicted molar refractivity (Wildman–Crippen MR) is 102 cm³/mol. The van der Waals surface area contributed by atoms with Crippen LogP contribution >= 0.6 is 11.6 Å². The fourth-order valence-electron chi connectivity index (χ4n) is 2.73. The van der Waals surface area contributed by atoms with Crippen LogP contribution < -0.4 is 14.8 Å². The lowest BCUT2D eigenvalue weighted by Crippen LogP contribution is -2.35. The van der Waals surface area contributed by atoms with Gasteiger partial charge in [0, 0.05) is 12.6 Å². The molecule has 0 radical (unpaired) electrons. The number of carbonyl (C=O) groups is 1. The number of benzene rings is 2. The molecule has 1 fully saturated rings. The van der Waals surface area contributed by atoms with E-state index in [4.69, 9.17) is 21.1 Å². The third-order valence-corrected chi connectivity index (χ3v) is 6.00. The molecule has 0 bridgehead atoms. The maximum Gasteiger partial charge on any atom is 0.259 e. The van der Waals surface area contributed by atoms with E-state index < -0.39 is 21.7 Å². The van der Waals surface area contributed by atoms with Crippen molar-refractivity contribution in [2.45, 2.75) is 17.4 Å². The summed E-state index contributed by atoms with van der Waals surface area (Å²) in [4.78, 5) is 12.6. The van der Waals surface area contributed by atoms with Gasteiger partial charge in [0.05, 0.1) is 34.9 Å². The first-order chi connectivity index (χ1) is 13.3. The first-order valence-corrected chi connectivity index (χ1v) is 10.2. The Morgan fingerprint density at radius 1 is 1.29 bits per heavy atom. The third kappa shape index (κ3) is 4.61. The Balaban J connectivity index is 1.90. The number of anilines is 1. The van der Waals surface area contributed by atoms with Gasteiger partial charge in [0.1, 0.15) is 11.6 Å². The first-order valence-electron chi connectivity index (χ1n) is 8.34. The van der Waals surface area contributed by atoms with E-state index in [9.17, 15) is 17.6 Å². The van der Waals surface area contributed by atoms with E-state index in [1.54, 1.807) is 0 Å². The van der Waals surface area contributed by atoms with Crippen LogP contribution in [0.3, 0.4) is 0 Å². The van der Waals surface area contributed by atoms with Crippen molar-refractivity contribution in [3.05, 3.63) is 52.8 Å². The molecule has 150 valence electrons. The van der Waals surface area contributed by atoms with Gasteiger partial charge in [-0.25, -0.2) is 17.5 Å². The van der Waals surface area contributed by atoms with Crippen LogP contribution in [0.25, 0.3) is 0 Å². The monoisotopic (exact) mass is 428 g/mol. The third-order valence-electron chi connectivity index (χ3n) is 4.15. The summed E-state index contributed by atoms with van der Waals surface area (Å²) in [5.74, 6) is -1.11. The molecule has 1 aliphatic heterocycles. The molecule has 1 amide bonds. The highest BCUT2D eigenvalue weighted by Crippen LogP contribution is 2.27.